The molecule has 0 fully saturated rings. The van der Waals surface area contributed by atoms with Crippen molar-refractivity contribution in [2.45, 2.75) is 0 Å². The van der Waals surface area contributed by atoms with E-state index in [0.717, 1.165) is 56.1 Å². The van der Waals surface area contributed by atoms with Gasteiger partial charge in [0.25, 0.3) is 13.4 Å². The number of fused-ring (bicyclic) bond motifs is 11. The van der Waals surface area contributed by atoms with Crippen LogP contribution in [0.4, 0.5) is 0 Å². The average molecular weight is 706 g/mol. The number of ether oxygens (including phenoxy) is 2. The highest BCUT2D eigenvalue weighted by atomic mass is 32.1. The van der Waals surface area contributed by atoms with Crippen LogP contribution in [0.15, 0.2) is 170 Å². The van der Waals surface area contributed by atoms with Crippen molar-refractivity contribution in [3.8, 4) is 28.7 Å². The normalized spacial score (nSPS) is 13.0. The molecule has 7 heteroatoms. The predicted molar refractivity (Wildman–Crippen MR) is 227 cm³/mol. The van der Waals surface area contributed by atoms with Gasteiger partial charge in [-0.05, 0) is 71.0 Å². The van der Waals surface area contributed by atoms with E-state index in [4.69, 9.17) is 14.5 Å². The SMILES string of the molecule is c1cc(B2c3ccccc3Oc3c2ccc2c3B(c3nccc4c3sc3ccccc34)c3ccccc3O2)cc(-n2c3ccccc3c3ccccc32)c1. The Hall–Kier alpha value is -6.56. The van der Waals surface area contributed by atoms with Crippen LogP contribution in [0, 0.1) is 0 Å². The van der Waals surface area contributed by atoms with Crippen molar-refractivity contribution < 1.29 is 9.47 Å². The molecular weight excluding hydrogens is 678 g/mol. The predicted octanol–water partition coefficient (Wildman–Crippen LogP) is 7.79. The van der Waals surface area contributed by atoms with Crippen molar-refractivity contribution >= 4 is 99.6 Å². The molecule has 0 atom stereocenters. The topological polar surface area (TPSA) is 36.3 Å². The van der Waals surface area contributed by atoms with Gasteiger partial charge in [-0.15, -0.1) is 11.3 Å². The van der Waals surface area contributed by atoms with Gasteiger partial charge in [0.1, 0.15) is 23.0 Å². The molecule has 4 nitrogen and oxygen atoms in total. The number of rotatable bonds is 3. The van der Waals surface area contributed by atoms with Gasteiger partial charge in [0, 0.05) is 53.9 Å². The molecule has 5 heterocycles. The molecule has 0 N–H and O–H groups in total. The number of hydrogen-bond donors (Lipinski definition) is 0. The molecule has 0 saturated carbocycles. The second-order valence-electron chi connectivity index (χ2n) is 14.2. The van der Waals surface area contributed by atoms with Crippen molar-refractivity contribution in [2.75, 3.05) is 0 Å². The zero-order valence-corrected chi connectivity index (χ0v) is 29.8. The lowest BCUT2D eigenvalue weighted by atomic mass is 9.32. The van der Waals surface area contributed by atoms with E-state index < -0.39 is 0 Å². The molecule has 10 aromatic rings. The van der Waals surface area contributed by atoms with Crippen LogP contribution in [0.1, 0.15) is 0 Å². The first kappa shape index (κ1) is 30.0. The number of hydrogen-bond acceptors (Lipinski definition) is 4. The third-order valence-corrected chi connectivity index (χ3v) is 12.5. The standard InChI is InChI=1S/C47H28B2N2O2S/c1-6-19-38-31(14-1)32-15-2-7-20-39(32)51(38)30-13-11-12-29(28-30)48-35-17-4-9-22-41(35)53-45-37(48)24-25-42-44(45)49(36-18-5-8-21-40(36)52-42)47-46-34(26-27-50-47)33-16-3-10-23-43(33)54-46/h1-28H. The Labute approximate surface area is 316 Å². The van der Waals surface area contributed by atoms with Gasteiger partial charge in [-0.25, -0.2) is 0 Å². The Kier molecular flexibility index (Phi) is 6.36. The van der Waals surface area contributed by atoms with Crippen LogP contribution in [-0.4, -0.2) is 23.0 Å². The van der Waals surface area contributed by atoms with Crippen LogP contribution < -0.4 is 42.4 Å². The van der Waals surface area contributed by atoms with Crippen molar-refractivity contribution in [1.29, 1.82) is 0 Å². The van der Waals surface area contributed by atoms with E-state index >= 15 is 0 Å². The third-order valence-electron chi connectivity index (χ3n) is 11.3. The van der Waals surface area contributed by atoms with Crippen LogP contribution >= 0.6 is 11.3 Å². The van der Waals surface area contributed by atoms with Crippen LogP contribution in [0.2, 0.25) is 0 Å². The molecule has 0 saturated heterocycles. The van der Waals surface area contributed by atoms with Crippen molar-refractivity contribution in [3.05, 3.63) is 170 Å². The molecule has 0 amide bonds. The van der Waals surface area contributed by atoms with Crippen LogP contribution in [0.3, 0.4) is 0 Å². The van der Waals surface area contributed by atoms with Gasteiger partial charge in [0.15, 0.2) is 0 Å². The monoisotopic (exact) mass is 706 g/mol. The van der Waals surface area contributed by atoms with E-state index in [1.165, 1.54) is 47.4 Å². The molecule has 0 aliphatic carbocycles. The lowest BCUT2D eigenvalue weighted by molar-refractivity contribution is 0.469. The van der Waals surface area contributed by atoms with Crippen LogP contribution in [0.5, 0.6) is 23.0 Å². The number of benzene rings is 7. The Morgan fingerprint density at radius 1 is 0.500 bits per heavy atom. The van der Waals surface area contributed by atoms with E-state index in [9.17, 15) is 0 Å². The largest absolute Gasteiger partial charge is 0.459 e. The Morgan fingerprint density at radius 3 is 1.96 bits per heavy atom. The summed E-state index contributed by atoms with van der Waals surface area (Å²) in [5.41, 5.74) is 10.1. The first-order valence-electron chi connectivity index (χ1n) is 18.4. The number of thiophene rings is 1. The minimum Gasteiger partial charge on any atom is -0.459 e. The summed E-state index contributed by atoms with van der Waals surface area (Å²) in [5, 5.41) is 4.98. The quantitative estimate of drug-likeness (QED) is 0.176. The highest BCUT2D eigenvalue weighted by Gasteiger charge is 2.42. The highest BCUT2D eigenvalue weighted by molar-refractivity contribution is 7.27. The molecular formula is C47H28B2N2O2S. The molecule has 12 rings (SSSR count). The Morgan fingerprint density at radius 2 is 1.17 bits per heavy atom. The average Bonchev–Trinajstić information content (AvgIpc) is 3.78. The molecule has 54 heavy (non-hydrogen) atoms. The maximum Gasteiger partial charge on any atom is 0.280 e. The molecule has 0 radical (unpaired) electrons. The van der Waals surface area contributed by atoms with Crippen molar-refractivity contribution in [3.63, 3.8) is 0 Å². The summed E-state index contributed by atoms with van der Waals surface area (Å²) in [6.45, 7) is -0.277. The number of para-hydroxylation sites is 4. The smallest absolute Gasteiger partial charge is 0.280 e. The minimum absolute atomic E-state index is 0.0748. The van der Waals surface area contributed by atoms with E-state index in [1.807, 2.05) is 23.6 Å². The molecule has 0 spiro atoms. The number of pyridine rings is 1. The lowest BCUT2D eigenvalue weighted by Crippen LogP contribution is -2.61. The second kappa shape index (κ2) is 11.5. The van der Waals surface area contributed by atoms with E-state index in [1.54, 1.807) is 0 Å². The first-order chi connectivity index (χ1) is 26.8. The molecule has 2 aliphatic rings. The van der Waals surface area contributed by atoms with Gasteiger partial charge < -0.3 is 14.0 Å². The van der Waals surface area contributed by atoms with Gasteiger partial charge in [-0.2, -0.15) is 0 Å². The zero-order valence-electron chi connectivity index (χ0n) is 28.9. The van der Waals surface area contributed by atoms with Gasteiger partial charge in [0.05, 0.1) is 11.0 Å². The Bertz CT molecular complexity index is 3110. The molecule has 0 unspecified atom stereocenters. The minimum atomic E-state index is -0.202. The summed E-state index contributed by atoms with van der Waals surface area (Å²) in [6, 6.07) is 58.4. The zero-order chi connectivity index (χ0) is 35.3. The summed E-state index contributed by atoms with van der Waals surface area (Å²) in [6.07, 6.45) is 1.96. The van der Waals surface area contributed by atoms with Gasteiger partial charge in [0.2, 0.25) is 0 Å². The lowest BCUT2D eigenvalue weighted by Gasteiger charge is -2.33. The highest BCUT2D eigenvalue weighted by Crippen LogP contribution is 2.36. The van der Waals surface area contributed by atoms with Gasteiger partial charge in [-0.1, -0.05) is 115 Å². The summed E-state index contributed by atoms with van der Waals surface area (Å²) in [7, 11) is 0. The molecule has 2 aliphatic heterocycles. The van der Waals surface area contributed by atoms with E-state index in [2.05, 4.69) is 162 Å². The fraction of sp³-hybridized carbons (Fsp3) is 0. The summed E-state index contributed by atoms with van der Waals surface area (Å²) < 4.78 is 18.7. The van der Waals surface area contributed by atoms with Gasteiger partial charge in [-0.3, -0.25) is 4.98 Å². The van der Waals surface area contributed by atoms with Gasteiger partial charge >= 0.3 is 0 Å². The molecule has 0 bridgehead atoms. The molecule has 250 valence electrons. The molecule has 3 aromatic heterocycles. The van der Waals surface area contributed by atoms with Crippen molar-refractivity contribution in [2.24, 2.45) is 0 Å². The fourth-order valence-corrected chi connectivity index (χ4v) is 10.3. The number of aromatic nitrogens is 2. The summed E-state index contributed by atoms with van der Waals surface area (Å²) in [5.74, 6) is 3.35. The number of nitrogens with zero attached hydrogens (tertiary/aromatic N) is 2. The fourth-order valence-electron chi connectivity index (χ4n) is 9.04. The van der Waals surface area contributed by atoms with Crippen LogP contribution in [0.25, 0.3) is 47.7 Å². The summed E-state index contributed by atoms with van der Waals surface area (Å²) >= 11 is 1.81. The second-order valence-corrected chi connectivity index (χ2v) is 15.2. The maximum absolute atomic E-state index is 7.07. The summed E-state index contributed by atoms with van der Waals surface area (Å²) in [4.78, 5) is 5.18. The van der Waals surface area contributed by atoms with Crippen LogP contribution in [-0.2, 0) is 0 Å². The maximum atomic E-state index is 7.07. The van der Waals surface area contributed by atoms with E-state index in [-0.39, 0.29) is 13.4 Å². The third kappa shape index (κ3) is 4.24. The van der Waals surface area contributed by atoms with E-state index in [0.29, 0.717) is 0 Å². The first-order valence-corrected chi connectivity index (χ1v) is 19.2. The van der Waals surface area contributed by atoms with Crippen molar-refractivity contribution in [1.82, 2.24) is 9.55 Å². The molecule has 7 aromatic carbocycles. The Balaban J connectivity index is 1.10.